The van der Waals surface area contributed by atoms with Gasteiger partial charge in [0, 0.05) is 25.7 Å². The summed E-state index contributed by atoms with van der Waals surface area (Å²) in [7, 11) is 0. The molecule has 2 saturated heterocycles. The number of aromatic nitrogens is 2. The van der Waals surface area contributed by atoms with Gasteiger partial charge in [0.05, 0.1) is 5.60 Å². The van der Waals surface area contributed by atoms with E-state index < -0.39 is 17.5 Å². The molecule has 6 nitrogen and oxygen atoms in total. The maximum atomic E-state index is 13.2. The summed E-state index contributed by atoms with van der Waals surface area (Å²) >= 11 is 0. The fourth-order valence-electron chi connectivity index (χ4n) is 3.27. The molecule has 0 saturated carbocycles. The smallest absolute Gasteiger partial charge is 0.388 e. The first-order chi connectivity index (χ1) is 11.9. The quantitative estimate of drug-likeness (QED) is 0.680. The molecular weight excluding hydrogens is 406 g/mol. The molecule has 11 heteroatoms. The predicted octanol–water partition coefficient (Wildman–Crippen LogP) is 2.86. The van der Waals surface area contributed by atoms with Gasteiger partial charge in [-0.3, -0.25) is 0 Å². The van der Waals surface area contributed by atoms with Crippen molar-refractivity contribution in [2.45, 2.75) is 43.9 Å². The molecule has 1 aromatic rings. The van der Waals surface area contributed by atoms with Crippen LogP contribution in [0.15, 0.2) is 6.07 Å². The van der Waals surface area contributed by atoms with Crippen molar-refractivity contribution in [1.29, 1.82) is 0 Å². The number of aliphatic hydroxyl groups is 1. The Morgan fingerprint density at radius 2 is 1.81 bits per heavy atom. The molecule has 1 aromatic heterocycles. The molecule has 1 unspecified atom stereocenters. The summed E-state index contributed by atoms with van der Waals surface area (Å²) in [6, 6.07) is 0.915. The zero-order chi connectivity index (χ0) is 17.9. The zero-order valence-corrected chi connectivity index (χ0v) is 16.5. The minimum absolute atomic E-state index is 0. The highest BCUT2D eigenvalue weighted by Gasteiger charge is 2.35. The van der Waals surface area contributed by atoms with E-state index in [2.05, 4.69) is 20.6 Å². The van der Waals surface area contributed by atoms with Crippen LogP contribution in [0.4, 0.5) is 24.9 Å². The summed E-state index contributed by atoms with van der Waals surface area (Å²) in [5.74, 6) is 0.208. The van der Waals surface area contributed by atoms with Crippen LogP contribution >= 0.6 is 24.8 Å². The van der Waals surface area contributed by atoms with Gasteiger partial charge in [-0.05, 0) is 45.2 Å². The van der Waals surface area contributed by atoms with Crippen LogP contribution in [-0.4, -0.2) is 53.4 Å². The Hall–Kier alpha value is -1.03. The molecule has 0 aliphatic carbocycles. The lowest BCUT2D eigenvalue weighted by molar-refractivity contribution is -0.141. The Morgan fingerprint density at radius 1 is 1.11 bits per heavy atom. The molecule has 3 heterocycles. The molecule has 2 fully saturated rings. The molecule has 0 radical (unpaired) electrons. The highest BCUT2D eigenvalue weighted by molar-refractivity contribution is 5.85. The monoisotopic (exact) mass is 431 g/mol. The second-order valence-corrected chi connectivity index (χ2v) is 6.81. The molecule has 0 bridgehead atoms. The van der Waals surface area contributed by atoms with Crippen LogP contribution in [0.3, 0.4) is 0 Å². The van der Waals surface area contributed by atoms with Crippen molar-refractivity contribution in [3.63, 3.8) is 0 Å². The van der Waals surface area contributed by atoms with Crippen LogP contribution in [0.5, 0.6) is 0 Å². The molecule has 2 aliphatic rings. The van der Waals surface area contributed by atoms with E-state index in [0.717, 1.165) is 31.9 Å². The maximum Gasteiger partial charge on any atom is 0.433 e. The highest BCUT2D eigenvalue weighted by Crippen LogP contribution is 2.31. The molecular formula is C16H26Cl2F3N5O. The Balaban J connectivity index is 0.00000182. The fourth-order valence-corrected chi connectivity index (χ4v) is 3.27. The highest BCUT2D eigenvalue weighted by atomic mass is 35.5. The lowest BCUT2D eigenvalue weighted by atomic mass is 9.95. The molecule has 3 rings (SSSR count). The van der Waals surface area contributed by atoms with Gasteiger partial charge in [-0.2, -0.15) is 18.2 Å². The van der Waals surface area contributed by atoms with Crippen molar-refractivity contribution < 1.29 is 18.3 Å². The first kappa shape index (κ1) is 24.0. The topological polar surface area (TPSA) is 73.3 Å². The molecule has 3 N–H and O–H groups in total. The lowest BCUT2D eigenvalue weighted by Crippen LogP contribution is -2.38. The van der Waals surface area contributed by atoms with Gasteiger partial charge in [0.2, 0.25) is 5.95 Å². The second-order valence-electron chi connectivity index (χ2n) is 6.81. The number of halogens is 5. The van der Waals surface area contributed by atoms with Crippen molar-refractivity contribution in [2.24, 2.45) is 0 Å². The van der Waals surface area contributed by atoms with E-state index in [1.807, 2.05) is 0 Å². The summed E-state index contributed by atoms with van der Waals surface area (Å²) in [5, 5.41) is 16.8. The Morgan fingerprint density at radius 3 is 2.48 bits per heavy atom. The van der Waals surface area contributed by atoms with Gasteiger partial charge >= 0.3 is 6.18 Å². The Bertz CT molecular complexity index is 592. The Kier molecular flexibility index (Phi) is 8.85. The van der Waals surface area contributed by atoms with Crippen molar-refractivity contribution in [3.8, 4) is 0 Å². The van der Waals surface area contributed by atoms with E-state index in [-0.39, 0.29) is 43.1 Å². The fraction of sp³-hybridized carbons (Fsp3) is 0.750. The van der Waals surface area contributed by atoms with Crippen molar-refractivity contribution in [2.75, 3.05) is 42.9 Å². The average Bonchev–Trinajstić information content (AvgIpc) is 3.02. The van der Waals surface area contributed by atoms with Crippen LogP contribution in [0.1, 0.15) is 37.8 Å². The van der Waals surface area contributed by atoms with Crippen molar-refractivity contribution in [3.05, 3.63) is 11.8 Å². The van der Waals surface area contributed by atoms with E-state index in [1.165, 1.54) is 0 Å². The number of rotatable bonds is 4. The third kappa shape index (κ3) is 6.51. The number of alkyl halides is 3. The molecule has 0 spiro atoms. The predicted molar refractivity (Wildman–Crippen MR) is 103 cm³/mol. The summed E-state index contributed by atoms with van der Waals surface area (Å²) < 4.78 is 39.5. The number of anilines is 2. The minimum Gasteiger partial charge on any atom is -0.388 e. The van der Waals surface area contributed by atoms with E-state index >= 15 is 0 Å². The third-order valence-electron chi connectivity index (χ3n) is 4.76. The van der Waals surface area contributed by atoms with Crippen LogP contribution in [-0.2, 0) is 6.18 Å². The first-order valence-corrected chi connectivity index (χ1v) is 8.74. The lowest BCUT2D eigenvalue weighted by Gasteiger charge is -2.27. The standard InChI is InChI=1S/C16H24F3N5O.2ClH/c17-16(18,19)12-10-13(23-14(22-12)24-8-1-2-9-24)21-11-15(25)4-3-6-20-7-5-15;;/h10,20,25H,1-9,11H2,(H,21,22,23);2*1H. The van der Waals surface area contributed by atoms with Gasteiger partial charge < -0.3 is 20.6 Å². The molecule has 0 amide bonds. The van der Waals surface area contributed by atoms with Crippen molar-refractivity contribution in [1.82, 2.24) is 15.3 Å². The summed E-state index contributed by atoms with van der Waals surface area (Å²) in [5.41, 5.74) is -1.90. The molecule has 1 atom stereocenters. The van der Waals surface area contributed by atoms with Gasteiger partial charge in [-0.25, -0.2) is 4.98 Å². The number of hydrogen-bond donors (Lipinski definition) is 3. The van der Waals surface area contributed by atoms with Crippen LogP contribution in [0.25, 0.3) is 0 Å². The zero-order valence-electron chi connectivity index (χ0n) is 14.9. The van der Waals surface area contributed by atoms with Crippen LogP contribution in [0.2, 0.25) is 0 Å². The normalized spacial score (nSPS) is 23.2. The van der Waals surface area contributed by atoms with Gasteiger partial charge in [-0.1, -0.05) is 0 Å². The Labute approximate surface area is 169 Å². The largest absolute Gasteiger partial charge is 0.433 e. The van der Waals surface area contributed by atoms with Gasteiger partial charge in [0.1, 0.15) is 5.82 Å². The van der Waals surface area contributed by atoms with Gasteiger partial charge in [0.25, 0.3) is 0 Å². The van der Waals surface area contributed by atoms with Crippen molar-refractivity contribution >= 4 is 36.6 Å². The first-order valence-electron chi connectivity index (χ1n) is 8.74. The SMILES string of the molecule is Cl.Cl.OC1(CNc2cc(C(F)(F)F)nc(N3CCCC3)n2)CCCNCC1. The minimum atomic E-state index is -4.53. The second kappa shape index (κ2) is 9.95. The molecule has 27 heavy (non-hydrogen) atoms. The van der Waals surface area contributed by atoms with E-state index in [0.29, 0.717) is 32.5 Å². The van der Waals surface area contributed by atoms with Crippen LogP contribution in [0, 0.1) is 0 Å². The molecule has 0 aromatic carbocycles. The van der Waals surface area contributed by atoms with E-state index in [9.17, 15) is 18.3 Å². The van der Waals surface area contributed by atoms with Gasteiger partial charge in [-0.15, -0.1) is 24.8 Å². The summed E-state index contributed by atoms with van der Waals surface area (Å²) in [6.45, 7) is 3.02. The third-order valence-corrected chi connectivity index (χ3v) is 4.76. The van der Waals surface area contributed by atoms with E-state index in [4.69, 9.17) is 0 Å². The number of nitrogens with one attached hydrogen (secondary N) is 2. The molecule has 156 valence electrons. The van der Waals surface area contributed by atoms with E-state index in [1.54, 1.807) is 4.90 Å². The average molecular weight is 432 g/mol. The molecule has 2 aliphatic heterocycles. The number of nitrogens with zero attached hydrogens (tertiary/aromatic N) is 3. The van der Waals surface area contributed by atoms with Gasteiger partial charge in [0.15, 0.2) is 5.69 Å². The summed E-state index contributed by atoms with van der Waals surface area (Å²) in [6.07, 6.45) is -0.699. The maximum absolute atomic E-state index is 13.2. The summed E-state index contributed by atoms with van der Waals surface area (Å²) in [4.78, 5) is 9.70. The number of hydrogen-bond acceptors (Lipinski definition) is 6. The van der Waals surface area contributed by atoms with Crippen LogP contribution < -0.4 is 15.5 Å².